The fraction of sp³-hybridized carbons (Fsp3) is 0.240. The molecule has 0 atom stereocenters. The first kappa shape index (κ1) is 24.9. The van der Waals surface area contributed by atoms with Crippen LogP contribution in [0, 0.1) is 0 Å². The van der Waals surface area contributed by atoms with E-state index in [1.54, 1.807) is 49.6 Å². The van der Waals surface area contributed by atoms with Crippen molar-refractivity contribution in [2.75, 3.05) is 32.7 Å². The van der Waals surface area contributed by atoms with E-state index < -0.39 is 17.1 Å². The van der Waals surface area contributed by atoms with E-state index in [1.165, 1.54) is 7.11 Å². The highest BCUT2D eigenvalue weighted by Gasteiger charge is 2.36. The summed E-state index contributed by atoms with van der Waals surface area (Å²) >= 11 is 0.785. The third-order valence-corrected chi connectivity index (χ3v) is 5.77. The van der Waals surface area contributed by atoms with Gasteiger partial charge in [-0.15, -0.1) is 6.58 Å². The number of ether oxygens (including phenoxy) is 3. The molecule has 8 nitrogen and oxygen atoms in total. The Labute approximate surface area is 202 Å². The van der Waals surface area contributed by atoms with Gasteiger partial charge in [-0.2, -0.15) is 0 Å². The Balaban J connectivity index is 1.74. The summed E-state index contributed by atoms with van der Waals surface area (Å²) in [4.78, 5) is 38.9. The summed E-state index contributed by atoms with van der Waals surface area (Å²) < 4.78 is 16.2. The number of imide groups is 1. The molecule has 34 heavy (non-hydrogen) atoms. The van der Waals surface area contributed by atoms with Gasteiger partial charge < -0.3 is 19.5 Å². The summed E-state index contributed by atoms with van der Waals surface area (Å²) in [5.41, 5.74) is 2.03. The first-order chi connectivity index (χ1) is 16.4. The Morgan fingerprint density at radius 2 is 1.88 bits per heavy atom. The van der Waals surface area contributed by atoms with Crippen LogP contribution in [0.25, 0.3) is 6.08 Å². The van der Waals surface area contributed by atoms with Gasteiger partial charge in [0, 0.05) is 11.3 Å². The molecule has 2 aromatic rings. The van der Waals surface area contributed by atoms with Crippen molar-refractivity contribution in [3.05, 3.63) is 65.1 Å². The maximum atomic E-state index is 12.9. The lowest BCUT2D eigenvalue weighted by molar-refractivity contribution is -0.127. The predicted molar refractivity (Wildman–Crippen MR) is 132 cm³/mol. The zero-order valence-electron chi connectivity index (χ0n) is 19.3. The molecular weight excluding hydrogens is 456 g/mol. The largest absolute Gasteiger partial charge is 0.494 e. The number of hydrogen-bond donors (Lipinski definition) is 1. The van der Waals surface area contributed by atoms with Gasteiger partial charge in [0.15, 0.2) is 11.5 Å². The summed E-state index contributed by atoms with van der Waals surface area (Å²) in [6.45, 7) is 5.79. The molecule has 3 rings (SSSR count). The molecule has 0 aliphatic carbocycles. The SMILES string of the molecule is C=CCc1cc(/C=C2\SC(=O)N(CC(=O)Nc3ccc(OCC)cc3)C2=O)cc(OC)c1OC. The first-order valence-corrected chi connectivity index (χ1v) is 11.4. The highest BCUT2D eigenvalue weighted by Crippen LogP contribution is 2.37. The molecule has 0 spiro atoms. The lowest BCUT2D eigenvalue weighted by Gasteiger charge is -2.14. The highest BCUT2D eigenvalue weighted by atomic mass is 32.2. The van der Waals surface area contributed by atoms with Crippen molar-refractivity contribution in [3.63, 3.8) is 0 Å². The number of nitrogens with one attached hydrogen (secondary N) is 1. The maximum Gasteiger partial charge on any atom is 0.294 e. The number of nitrogens with zero attached hydrogens (tertiary/aromatic N) is 1. The average Bonchev–Trinajstić information content (AvgIpc) is 3.07. The molecule has 1 fully saturated rings. The molecular formula is C25H26N2O6S. The van der Waals surface area contributed by atoms with E-state index in [0.29, 0.717) is 41.5 Å². The Kier molecular flexibility index (Phi) is 8.37. The zero-order valence-corrected chi connectivity index (χ0v) is 20.1. The van der Waals surface area contributed by atoms with E-state index in [2.05, 4.69) is 11.9 Å². The Morgan fingerprint density at radius 1 is 1.15 bits per heavy atom. The number of allylic oxidation sites excluding steroid dienone is 1. The smallest absolute Gasteiger partial charge is 0.294 e. The lowest BCUT2D eigenvalue weighted by atomic mass is 10.0. The Hall–Kier alpha value is -3.72. The minimum absolute atomic E-state index is 0.218. The van der Waals surface area contributed by atoms with Crippen molar-refractivity contribution in [1.82, 2.24) is 4.90 Å². The molecule has 9 heteroatoms. The standard InChI is InChI=1S/C25H26N2O6S/c1-5-7-17-12-16(13-20(31-3)23(17)32-4)14-21-24(29)27(25(30)34-21)15-22(28)26-18-8-10-19(11-9-18)33-6-2/h5,8-14H,1,6-7,15H2,2-4H3,(H,26,28)/b21-14-. The Bertz CT molecular complexity index is 1130. The fourth-order valence-corrected chi connectivity index (χ4v) is 4.23. The zero-order chi connectivity index (χ0) is 24.7. The molecule has 0 unspecified atom stereocenters. The van der Waals surface area contributed by atoms with Gasteiger partial charge in [0.25, 0.3) is 11.1 Å². The first-order valence-electron chi connectivity index (χ1n) is 10.5. The topological polar surface area (TPSA) is 94.2 Å². The average molecular weight is 483 g/mol. The van der Waals surface area contributed by atoms with Crippen molar-refractivity contribution in [3.8, 4) is 17.2 Å². The molecule has 1 aliphatic heterocycles. The van der Waals surface area contributed by atoms with Gasteiger partial charge in [0.2, 0.25) is 5.91 Å². The van der Waals surface area contributed by atoms with Crippen molar-refractivity contribution >= 4 is 40.6 Å². The van der Waals surface area contributed by atoms with E-state index in [0.717, 1.165) is 22.2 Å². The van der Waals surface area contributed by atoms with Crippen LogP contribution >= 0.6 is 11.8 Å². The van der Waals surface area contributed by atoms with Gasteiger partial charge in [-0.05, 0) is 73.1 Å². The molecule has 1 aliphatic rings. The van der Waals surface area contributed by atoms with E-state index in [9.17, 15) is 14.4 Å². The van der Waals surface area contributed by atoms with Gasteiger partial charge in [-0.25, -0.2) is 0 Å². The fourth-order valence-electron chi connectivity index (χ4n) is 3.39. The molecule has 1 heterocycles. The van der Waals surface area contributed by atoms with E-state index in [-0.39, 0.29) is 11.4 Å². The van der Waals surface area contributed by atoms with Crippen LogP contribution in [0.3, 0.4) is 0 Å². The molecule has 1 saturated heterocycles. The van der Waals surface area contributed by atoms with Crippen LogP contribution in [-0.4, -0.2) is 49.3 Å². The molecule has 2 aromatic carbocycles. The van der Waals surface area contributed by atoms with Gasteiger partial charge in [-0.1, -0.05) is 6.08 Å². The van der Waals surface area contributed by atoms with Crippen LogP contribution in [0.5, 0.6) is 17.2 Å². The summed E-state index contributed by atoms with van der Waals surface area (Å²) in [5, 5.41) is 2.17. The molecule has 0 radical (unpaired) electrons. The molecule has 0 saturated carbocycles. The van der Waals surface area contributed by atoms with Crippen LogP contribution in [0.15, 0.2) is 54.0 Å². The number of carbonyl (C=O) groups excluding carboxylic acids is 3. The maximum absolute atomic E-state index is 12.9. The number of benzene rings is 2. The van der Waals surface area contributed by atoms with Crippen LogP contribution in [0.2, 0.25) is 0 Å². The number of hydrogen-bond acceptors (Lipinski definition) is 7. The quantitative estimate of drug-likeness (QED) is 0.393. The number of anilines is 1. The van der Waals surface area contributed by atoms with Crippen molar-refractivity contribution < 1.29 is 28.6 Å². The lowest BCUT2D eigenvalue weighted by Crippen LogP contribution is -2.36. The number of rotatable bonds is 10. The summed E-state index contributed by atoms with van der Waals surface area (Å²) in [7, 11) is 3.07. The number of carbonyl (C=O) groups is 3. The summed E-state index contributed by atoms with van der Waals surface area (Å²) in [6, 6.07) is 10.4. The van der Waals surface area contributed by atoms with Crippen molar-refractivity contribution in [2.24, 2.45) is 0 Å². The molecule has 178 valence electrons. The second kappa shape index (κ2) is 11.4. The van der Waals surface area contributed by atoms with E-state index in [1.807, 2.05) is 13.0 Å². The van der Waals surface area contributed by atoms with Gasteiger partial charge in [0.05, 0.1) is 25.7 Å². The summed E-state index contributed by atoms with van der Waals surface area (Å²) in [6.07, 6.45) is 3.87. The van der Waals surface area contributed by atoms with Crippen LogP contribution in [0.1, 0.15) is 18.1 Å². The normalized spacial score (nSPS) is 14.3. The van der Waals surface area contributed by atoms with E-state index >= 15 is 0 Å². The Morgan fingerprint density at radius 3 is 2.50 bits per heavy atom. The van der Waals surface area contributed by atoms with Gasteiger partial charge >= 0.3 is 0 Å². The van der Waals surface area contributed by atoms with Crippen molar-refractivity contribution in [2.45, 2.75) is 13.3 Å². The monoisotopic (exact) mass is 482 g/mol. The third-order valence-electron chi connectivity index (χ3n) is 4.86. The van der Waals surface area contributed by atoms with E-state index in [4.69, 9.17) is 14.2 Å². The van der Waals surface area contributed by atoms with Gasteiger partial charge in [0.1, 0.15) is 12.3 Å². The van der Waals surface area contributed by atoms with Gasteiger partial charge in [-0.3, -0.25) is 19.3 Å². The molecule has 1 N–H and O–H groups in total. The van der Waals surface area contributed by atoms with Crippen LogP contribution < -0.4 is 19.5 Å². The number of methoxy groups -OCH3 is 2. The number of thioether (sulfide) groups is 1. The predicted octanol–water partition coefficient (Wildman–Crippen LogP) is 4.51. The minimum Gasteiger partial charge on any atom is -0.494 e. The van der Waals surface area contributed by atoms with Crippen molar-refractivity contribution in [1.29, 1.82) is 0 Å². The highest BCUT2D eigenvalue weighted by molar-refractivity contribution is 8.18. The van der Waals surface area contributed by atoms with Crippen LogP contribution in [-0.2, 0) is 16.0 Å². The second-order valence-electron chi connectivity index (χ2n) is 7.18. The molecule has 0 bridgehead atoms. The summed E-state index contributed by atoms with van der Waals surface area (Å²) in [5.74, 6) is 0.757. The third kappa shape index (κ3) is 5.79. The minimum atomic E-state index is -0.531. The number of amides is 3. The second-order valence-corrected chi connectivity index (χ2v) is 8.17. The molecule has 0 aromatic heterocycles. The van der Waals surface area contributed by atoms with Crippen LogP contribution in [0.4, 0.5) is 10.5 Å². The molecule has 3 amide bonds.